The zero-order valence-corrected chi connectivity index (χ0v) is 10.1. The molecule has 1 aromatic heterocycles. The fourth-order valence-corrected chi connectivity index (χ4v) is 1.73. The van der Waals surface area contributed by atoms with Crippen molar-refractivity contribution in [3.8, 4) is 5.69 Å². The van der Waals surface area contributed by atoms with Gasteiger partial charge >= 0.3 is 6.18 Å². The molecule has 0 atom stereocenters. The minimum atomic E-state index is -4.42. The van der Waals surface area contributed by atoms with E-state index in [4.69, 9.17) is 5.73 Å². The van der Waals surface area contributed by atoms with Crippen LogP contribution in [-0.2, 0) is 12.6 Å². The summed E-state index contributed by atoms with van der Waals surface area (Å²) in [6, 6.07) is 5.27. The first-order valence-electron chi connectivity index (χ1n) is 5.80. The van der Waals surface area contributed by atoms with Gasteiger partial charge in [0, 0.05) is 0 Å². The Balaban J connectivity index is 2.34. The molecule has 0 aliphatic heterocycles. The summed E-state index contributed by atoms with van der Waals surface area (Å²) in [4.78, 5) is 0. The number of hydrogen-bond acceptors (Lipinski definition) is 3. The molecule has 0 fully saturated rings. The van der Waals surface area contributed by atoms with Crippen molar-refractivity contribution in [3.05, 3.63) is 41.7 Å². The van der Waals surface area contributed by atoms with Crippen LogP contribution in [0.15, 0.2) is 30.5 Å². The summed E-state index contributed by atoms with van der Waals surface area (Å²) < 4.78 is 39.7. The summed E-state index contributed by atoms with van der Waals surface area (Å²) in [7, 11) is 0. The largest absolute Gasteiger partial charge is 0.418 e. The van der Waals surface area contributed by atoms with Crippen molar-refractivity contribution in [1.82, 2.24) is 15.0 Å². The van der Waals surface area contributed by atoms with Crippen LogP contribution in [0.25, 0.3) is 5.69 Å². The van der Waals surface area contributed by atoms with Crippen molar-refractivity contribution in [2.75, 3.05) is 6.54 Å². The van der Waals surface area contributed by atoms with Gasteiger partial charge in [-0.05, 0) is 31.5 Å². The van der Waals surface area contributed by atoms with E-state index in [-0.39, 0.29) is 5.69 Å². The van der Waals surface area contributed by atoms with Gasteiger partial charge in [0.15, 0.2) is 0 Å². The number of aromatic nitrogens is 3. The highest BCUT2D eigenvalue weighted by Gasteiger charge is 2.33. The number of alkyl halides is 3. The molecule has 2 N–H and O–H groups in total. The number of benzene rings is 1. The Bertz CT molecular complexity index is 548. The molecular formula is C12H13F3N4. The Hall–Kier alpha value is -1.89. The number of nitrogens with two attached hydrogens (primary N) is 1. The molecule has 0 amide bonds. The van der Waals surface area contributed by atoms with Gasteiger partial charge in [0.1, 0.15) is 0 Å². The topological polar surface area (TPSA) is 56.7 Å². The van der Waals surface area contributed by atoms with Gasteiger partial charge in [0.05, 0.1) is 23.1 Å². The summed E-state index contributed by atoms with van der Waals surface area (Å²) in [6.45, 7) is 0.506. The van der Waals surface area contributed by atoms with Crippen LogP contribution < -0.4 is 5.73 Å². The highest BCUT2D eigenvalue weighted by atomic mass is 19.4. The molecule has 4 nitrogen and oxygen atoms in total. The first-order valence-corrected chi connectivity index (χ1v) is 5.80. The lowest BCUT2D eigenvalue weighted by Crippen LogP contribution is -2.10. The maximum atomic E-state index is 12.9. The Morgan fingerprint density at radius 3 is 2.63 bits per heavy atom. The molecule has 19 heavy (non-hydrogen) atoms. The second kappa shape index (κ2) is 5.40. The zero-order valence-electron chi connectivity index (χ0n) is 10.1. The van der Waals surface area contributed by atoms with E-state index in [0.29, 0.717) is 18.7 Å². The summed E-state index contributed by atoms with van der Waals surface area (Å²) in [5.41, 5.74) is 5.24. The van der Waals surface area contributed by atoms with Gasteiger partial charge in [-0.25, -0.2) is 4.68 Å². The van der Waals surface area contributed by atoms with Gasteiger partial charge < -0.3 is 5.73 Å². The smallest absolute Gasteiger partial charge is 0.330 e. The molecule has 0 spiro atoms. The van der Waals surface area contributed by atoms with Crippen molar-refractivity contribution >= 4 is 0 Å². The van der Waals surface area contributed by atoms with Crippen LogP contribution in [0.4, 0.5) is 13.2 Å². The van der Waals surface area contributed by atoms with Gasteiger partial charge in [-0.3, -0.25) is 0 Å². The van der Waals surface area contributed by atoms with Crippen molar-refractivity contribution in [2.45, 2.75) is 19.0 Å². The van der Waals surface area contributed by atoms with E-state index in [0.717, 1.165) is 17.2 Å². The van der Waals surface area contributed by atoms with Gasteiger partial charge in [-0.2, -0.15) is 13.2 Å². The second-order valence-corrected chi connectivity index (χ2v) is 4.06. The maximum absolute atomic E-state index is 12.9. The summed E-state index contributed by atoms with van der Waals surface area (Å²) in [5, 5.41) is 7.58. The van der Waals surface area contributed by atoms with E-state index in [1.165, 1.54) is 24.4 Å². The highest BCUT2D eigenvalue weighted by Crippen LogP contribution is 2.33. The van der Waals surface area contributed by atoms with Crippen molar-refractivity contribution in [1.29, 1.82) is 0 Å². The van der Waals surface area contributed by atoms with Gasteiger partial charge in [-0.1, -0.05) is 17.3 Å². The van der Waals surface area contributed by atoms with Crippen LogP contribution in [0.5, 0.6) is 0 Å². The van der Waals surface area contributed by atoms with Gasteiger partial charge in [0.25, 0.3) is 0 Å². The highest BCUT2D eigenvalue weighted by molar-refractivity contribution is 5.42. The van der Waals surface area contributed by atoms with Crippen LogP contribution in [0.1, 0.15) is 17.7 Å². The fourth-order valence-electron chi connectivity index (χ4n) is 1.73. The van der Waals surface area contributed by atoms with Gasteiger partial charge in [-0.15, -0.1) is 5.10 Å². The lowest BCUT2D eigenvalue weighted by atomic mass is 10.1. The molecule has 1 heterocycles. The molecule has 7 heteroatoms. The zero-order chi connectivity index (χ0) is 13.9. The molecule has 0 radical (unpaired) electrons. The summed E-state index contributed by atoms with van der Waals surface area (Å²) in [5.74, 6) is 0. The molecule has 0 saturated heterocycles. The lowest BCUT2D eigenvalue weighted by molar-refractivity contribution is -0.137. The number of hydrogen-bond donors (Lipinski definition) is 1. The molecule has 1 aromatic carbocycles. The van der Waals surface area contributed by atoms with Crippen LogP contribution >= 0.6 is 0 Å². The average molecular weight is 270 g/mol. The van der Waals surface area contributed by atoms with Crippen LogP contribution in [0, 0.1) is 0 Å². The van der Waals surface area contributed by atoms with Crippen LogP contribution in [-0.4, -0.2) is 21.5 Å². The standard InChI is InChI=1S/C12H13F3N4/c13-12(14,15)10-5-1-2-6-11(10)19-8-9(17-18-19)4-3-7-16/h1-2,5-6,8H,3-4,7,16H2. The Morgan fingerprint density at radius 1 is 1.21 bits per heavy atom. The molecule has 2 aromatic rings. The molecule has 0 aliphatic carbocycles. The molecule has 2 rings (SSSR count). The summed E-state index contributed by atoms with van der Waals surface area (Å²) in [6.07, 6.45) is -1.59. The first kappa shape index (κ1) is 13.5. The fraction of sp³-hybridized carbons (Fsp3) is 0.333. The molecular weight excluding hydrogens is 257 g/mol. The van der Waals surface area contributed by atoms with E-state index in [9.17, 15) is 13.2 Å². The normalized spacial score (nSPS) is 11.8. The van der Waals surface area contributed by atoms with Crippen LogP contribution in [0.2, 0.25) is 0 Å². The third-order valence-corrected chi connectivity index (χ3v) is 2.63. The number of aryl methyl sites for hydroxylation is 1. The minimum Gasteiger partial charge on any atom is -0.330 e. The first-order chi connectivity index (χ1) is 9.02. The van der Waals surface area contributed by atoms with Crippen LogP contribution in [0.3, 0.4) is 0 Å². The number of nitrogens with zero attached hydrogens (tertiary/aromatic N) is 3. The van der Waals surface area contributed by atoms with Crippen molar-refractivity contribution in [3.63, 3.8) is 0 Å². The van der Waals surface area contributed by atoms with Crippen molar-refractivity contribution in [2.24, 2.45) is 5.73 Å². The third-order valence-electron chi connectivity index (χ3n) is 2.63. The molecule has 0 bridgehead atoms. The van der Waals surface area contributed by atoms with E-state index in [2.05, 4.69) is 10.3 Å². The molecule has 102 valence electrons. The van der Waals surface area contributed by atoms with Gasteiger partial charge in [0.2, 0.25) is 0 Å². The average Bonchev–Trinajstić information content (AvgIpc) is 2.84. The Kier molecular flexibility index (Phi) is 3.84. The SMILES string of the molecule is NCCCc1cn(-c2ccccc2C(F)(F)F)nn1. The lowest BCUT2D eigenvalue weighted by Gasteiger charge is -2.11. The number of rotatable bonds is 4. The molecule has 0 saturated carbocycles. The van der Waals surface area contributed by atoms with E-state index < -0.39 is 11.7 Å². The van der Waals surface area contributed by atoms with E-state index in [1.807, 2.05) is 0 Å². The molecule has 0 unspecified atom stereocenters. The predicted octanol–water partition coefficient (Wildman–Crippen LogP) is 2.18. The monoisotopic (exact) mass is 270 g/mol. The second-order valence-electron chi connectivity index (χ2n) is 4.06. The minimum absolute atomic E-state index is 0.0264. The third kappa shape index (κ3) is 3.11. The quantitative estimate of drug-likeness (QED) is 0.926. The summed E-state index contributed by atoms with van der Waals surface area (Å²) >= 11 is 0. The van der Waals surface area contributed by atoms with E-state index in [1.54, 1.807) is 0 Å². The number of para-hydroxylation sites is 1. The number of halogens is 3. The molecule has 0 aliphatic rings. The predicted molar refractivity (Wildman–Crippen MR) is 63.7 cm³/mol. The Labute approximate surface area is 108 Å². The van der Waals surface area contributed by atoms with E-state index >= 15 is 0 Å². The Morgan fingerprint density at radius 2 is 1.95 bits per heavy atom. The van der Waals surface area contributed by atoms with Crippen molar-refractivity contribution < 1.29 is 13.2 Å². The maximum Gasteiger partial charge on any atom is 0.418 e.